The molecule has 0 bridgehead atoms. The monoisotopic (exact) mass is 363 g/mol. The summed E-state index contributed by atoms with van der Waals surface area (Å²) in [6, 6.07) is 22.1. The van der Waals surface area contributed by atoms with Gasteiger partial charge in [0.05, 0.1) is 6.04 Å². The van der Waals surface area contributed by atoms with Crippen molar-refractivity contribution in [2.75, 3.05) is 0 Å². The van der Waals surface area contributed by atoms with Crippen LogP contribution >= 0.6 is 0 Å². The summed E-state index contributed by atoms with van der Waals surface area (Å²) in [5, 5.41) is 6.60. The van der Waals surface area contributed by atoms with E-state index in [0.29, 0.717) is 12.5 Å². The van der Waals surface area contributed by atoms with Gasteiger partial charge in [0, 0.05) is 6.54 Å². The average molecular weight is 363 g/mol. The minimum atomic E-state index is -0.347. The van der Waals surface area contributed by atoms with Gasteiger partial charge in [-0.25, -0.2) is 13.8 Å². The lowest BCUT2D eigenvalue weighted by Gasteiger charge is -2.19. The topological polar surface area (TPSA) is 36.4 Å². The molecule has 0 aliphatic carbocycles. The van der Waals surface area contributed by atoms with Crippen molar-refractivity contribution in [3.8, 4) is 0 Å². The van der Waals surface area contributed by atoms with Crippen molar-refractivity contribution in [3.05, 3.63) is 107 Å². The van der Waals surface area contributed by atoms with Crippen molar-refractivity contribution >= 4 is 5.96 Å². The molecule has 27 heavy (non-hydrogen) atoms. The second-order valence-electron chi connectivity index (χ2n) is 6.49. The molecule has 0 saturated heterocycles. The third-order valence-electron chi connectivity index (χ3n) is 4.58. The van der Waals surface area contributed by atoms with Crippen LogP contribution in [0.1, 0.15) is 28.8 Å². The number of aliphatic imine (C=N–C) groups is 1. The van der Waals surface area contributed by atoms with Gasteiger partial charge in [0.1, 0.15) is 17.7 Å². The predicted molar refractivity (Wildman–Crippen MR) is 102 cm³/mol. The minimum Gasteiger partial charge on any atom is -0.352 e. The van der Waals surface area contributed by atoms with E-state index in [-0.39, 0.29) is 23.7 Å². The number of guanidine groups is 1. The number of hydrogen-bond donors (Lipinski definition) is 2. The van der Waals surface area contributed by atoms with E-state index in [0.717, 1.165) is 16.7 Å². The zero-order chi connectivity index (χ0) is 18.6. The largest absolute Gasteiger partial charge is 0.352 e. The van der Waals surface area contributed by atoms with E-state index in [4.69, 9.17) is 4.99 Å². The van der Waals surface area contributed by atoms with Gasteiger partial charge in [0.15, 0.2) is 5.96 Å². The molecule has 0 fully saturated rings. The van der Waals surface area contributed by atoms with Gasteiger partial charge in [-0.1, -0.05) is 54.6 Å². The Kier molecular flexibility index (Phi) is 4.83. The zero-order valence-electron chi connectivity index (χ0n) is 14.6. The van der Waals surface area contributed by atoms with E-state index < -0.39 is 0 Å². The second-order valence-corrected chi connectivity index (χ2v) is 6.49. The Morgan fingerprint density at radius 1 is 0.815 bits per heavy atom. The molecule has 3 aromatic carbocycles. The first kappa shape index (κ1) is 17.2. The van der Waals surface area contributed by atoms with Crippen molar-refractivity contribution in [2.45, 2.75) is 18.6 Å². The van der Waals surface area contributed by atoms with Gasteiger partial charge >= 0.3 is 0 Å². The molecular weight excluding hydrogens is 344 g/mol. The lowest BCUT2D eigenvalue weighted by atomic mass is 9.95. The van der Waals surface area contributed by atoms with Gasteiger partial charge in [-0.15, -0.1) is 0 Å². The van der Waals surface area contributed by atoms with Crippen molar-refractivity contribution in [1.82, 2.24) is 10.6 Å². The Labute approximate surface area is 156 Å². The number of rotatable bonds is 4. The molecule has 0 spiro atoms. The van der Waals surface area contributed by atoms with Crippen LogP contribution in [-0.4, -0.2) is 5.96 Å². The van der Waals surface area contributed by atoms with Crippen LogP contribution in [-0.2, 0) is 6.54 Å². The van der Waals surface area contributed by atoms with Crippen LogP contribution in [0.4, 0.5) is 8.78 Å². The zero-order valence-corrected chi connectivity index (χ0v) is 14.6. The molecule has 2 atom stereocenters. The number of nitrogens with one attached hydrogen (secondary N) is 2. The van der Waals surface area contributed by atoms with Gasteiger partial charge < -0.3 is 10.6 Å². The van der Waals surface area contributed by atoms with E-state index in [1.54, 1.807) is 12.1 Å². The molecule has 0 radical (unpaired) electrons. The number of halogens is 2. The maximum absolute atomic E-state index is 13.7. The summed E-state index contributed by atoms with van der Waals surface area (Å²) in [7, 11) is 0. The fraction of sp³-hybridized carbons (Fsp3) is 0.136. The summed E-state index contributed by atoms with van der Waals surface area (Å²) in [6.45, 7) is 0.610. The van der Waals surface area contributed by atoms with Crippen LogP contribution in [0.25, 0.3) is 0 Å². The SMILES string of the molecule is Fc1cccc([C@H]2NC(NCc3ccccc3)=N[C@H]2c2cccc(F)c2)c1. The van der Waals surface area contributed by atoms with E-state index in [1.165, 1.54) is 24.3 Å². The second kappa shape index (κ2) is 7.58. The van der Waals surface area contributed by atoms with Gasteiger partial charge in [-0.2, -0.15) is 0 Å². The van der Waals surface area contributed by atoms with Gasteiger partial charge in [-0.3, -0.25) is 0 Å². The summed E-state index contributed by atoms with van der Waals surface area (Å²) in [5.41, 5.74) is 2.64. The van der Waals surface area contributed by atoms with Crippen LogP contribution in [0.3, 0.4) is 0 Å². The predicted octanol–water partition coefficient (Wildman–Crippen LogP) is 4.50. The third-order valence-corrected chi connectivity index (χ3v) is 4.58. The number of benzene rings is 3. The number of hydrogen-bond acceptors (Lipinski definition) is 3. The molecule has 0 saturated carbocycles. The molecule has 0 unspecified atom stereocenters. The Hall–Kier alpha value is -3.21. The highest BCUT2D eigenvalue weighted by atomic mass is 19.1. The summed E-state index contributed by atoms with van der Waals surface area (Å²) in [5.74, 6) is -0.00764. The van der Waals surface area contributed by atoms with Crippen molar-refractivity contribution < 1.29 is 8.78 Å². The number of nitrogens with zero attached hydrogens (tertiary/aromatic N) is 1. The van der Waals surface area contributed by atoms with E-state index in [2.05, 4.69) is 10.6 Å². The van der Waals surface area contributed by atoms with Crippen LogP contribution in [0, 0.1) is 11.6 Å². The fourth-order valence-corrected chi connectivity index (χ4v) is 3.28. The maximum atomic E-state index is 13.7. The molecule has 136 valence electrons. The molecule has 1 heterocycles. The third kappa shape index (κ3) is 3.97. The molecule has 1 aliphatic rings. The first-order chi connectivity index (χ1) is 13.2. The Morgan fingerprint density at radius 2 is 1.48 bits per heavy atom. The van der Waals surface area contributed by atoms with Crippen LogP contribution in [0.15, 0.2) is 83.9 Å². The molecule has 1 aliphatic heterocycles. The maximum Gasteiger partial charge on any atom is 0.192 e. The van der Waals surface area contributed by atoms with Crippen LogP contribution < -0.4 is 10.6 Å². The fourth-order valence-electron chi connectivity index (χ4n) is 3.28. The molecule has 0 aromatic heterocycles. The average Bonchev–Trinajstić information content (AvgIpc) is 3.12. The molecule has 5 heteroatoms. The standard InChI is InChI=1S/C22H19F2N3/c23-18-10-4-8-16(12-18)20-21(17-9-5-11-19(24)13-17)27-22(26-20)25-14-15-6-2-1-3-7-15/h1-13,20-21H,14H2,(H2,25,26,27)/t20-,21+. The van der Waals surface area contributed by atoms with E-state index in [9.17, 15) is 8.78 Å². The Morgan fingerprint density at radius 3 is 2.19 bits per heavy atom. The highest BCUT2D eigenvalue weighted by Gasteiger charge is 2.31. The van der Waals surface area contributed by atoms with E-state index in [1.807, 2.05) is 42.5 Å². The molecule has 2 N–H and O–H groups in total. The summed E-state index contributed by atoms with van der Waals surface area (Å²) in [6.07, 6.45) is 0. The minimum absolute atomic E-state index is 0.277. The smallest absolute Gasteiger partial charge is 0.192 e. The molecule has 4 rings (SSSR count). The highest BCUT2D eigenvalue weighted by molar-refractivity contribution is 5.82. The highest BCUT2D eigenvalue weighted by Crippen LogP contribution is 2.36. The van der Waals surface area contributed by atoms with Gasteiger partial charge in [-0.05, 0) is 41.0 Å². The first-order valence-corrected chi connectivity index (χ1v) is 8.82. The lowest BCUT2D eigenvalue weighted by molar-refractivity contribution is 0.554. The molecule has 0 amide bonds. The van der Waals surface area contributed by atoms with Crippen LogP contribution in [0.2, 0.25) is 0 Å². The molecule has 3 nitrogen and oxygen atoms in total. The van der Waals surface area contributed by atoms with Gasteiger partial charge in [0.2, 0.25) is 0 Å². The van der Waals surface area contributed by atoms with Crippen molar-refractivity contribution in [1.29, 1.82) is 0 Å². The van der Waals surface area contributed by atoms with Crippen LogP contribution in [0.5, 0.6) is 0 Å². The lowest BCUT2D eigenvalue weighted by Crippen LogP contribution is -2.35. The summed E-state index contributed by atoms with van der Waals surface area (Å²) < 4.78 is 27.5. The molecular formula is C22H19F2N3. The Balaban J connectivity index is 1.61. The first-order valence-electron chi connectivity index (χ1n) is 8.82. The Bertz CT molecular complexity index is 957. The normalized spacial score (nSPS) is 18.7. The quantitative estimate of drug-likeness (QED) is 0.716. The van der Waals surface area contributed by atoms with Gasteiger partial charge in [0.25, 0.3) is 0 Å². The van der Waals surface area contributed by atoms with E-state index >= 15 is 0 Å². The molecule has 3 aromatic rings. The van der Waals surface area contributed by atoms with Crippen molar-refractivity contribution in [2.24, 2.45) is 4.99 Å². The van der Waals surface area contributed by atoms with Crippen molar-refractivity contribution in [3.63, 3.8) is 0 Å². The summed E-state index contributed by atoms with van der Waals surface area (Å²) >= 11 is 0. The summed E-state index contributed by atoms with van der Waals surface area (Å²) in [4.78, 5) is 4.71.